The first kappa shape index (κ1) is 24.0. The SMILES string of the molecule is CNC(=O)c1c(-c2ccc(F)cc2)oc2c1cc(-c1cccc(C=O)c1)c1c2ccn1C(=O)C(F)(F)F. The van der Waals surface area contributed by atoms with E-state index in [1.807, 2.05) is 0 Å². The number of carbonyl (C=O) groups is 3. The topological polar surface area (TPSA) is 81.3 Å². The predicted molar refractivity (Wildman–Crippen MR) is 128 cm³/mol. The molecule has 186 valence electrons. The summed E-state index contributed by atoms with van der Waals surface area (Å²) in [7, 11) is 1.40. The molecule has 5 aromatic rings. The fourth-order valence-corrected chi connectivity index (χ4v) is 4.35. The lowest BCUT2D eigenvalue weighted by Gasteiger charge is -2.12. The first-order valence-electron chi connectivity index (χ1n) is 10.9. The number of benzene rings is 3. The summed E-state index contributed by atoms with van der Waals surface area (Å²) in [6, 6.07) is 14.0. The van der Waals surface area contributed by atoms with E-state index in [-0.39, 0.29) is 44.3 Å². The van der Waals surface area contributed by atoms with Crippen LogP contribution in [0.1, 0.15) is 25.5 Å². The summed E-state index contributed by atoms with van der Waals surface area (Å²) in [6.45, 7) is 0. The molecule has 5 rings (SSSR count). The predicted octanol–water partition coefficient (Wildman–Crippen LogP) is 6.24. The highest BCUT2D eigenvalue weighted by Crippen LogP contribution is 2.42. The van der Waals surface area contributed by atoms with Gasteiger partial charge in [-0.1, -0.05) is 18.2 Å². The third kappa shape index (κ3) is 3.96. The molecule has 0 aliphatic carbocycles. The summed E-state index contributed by atoms with van der Waals surface area (Å²) in [6.07, 6.45) is -3.61. The number of hydrogen-bond acceptors (Lipinski definition) is 4. The van der Waals surface area contributed by atoms with Crippen molar-refractivity contribution in [3.05, 3.63) is 83.8 Å². The molecule has 0 bridgehead atoms. The van der Waals surface area contributed by atoms with Crippen molar-refractivity contribution in [2.75, 3.05) is 7.05 Å². The molecule has 2 heterocycles. The number of nitrogens with one attached hydrogen (secondary N) is 1. The Hall–Kier alpha value is -4.73. The molecule has 2 aromatic heterocycles. The lowest BCUT2D eigenvalue weighted by Crippen LogP contribution is -2.28. The number of hydrogen-bond donors (Lipinski definition) is 1. The molecule has 10 heteroatoms. The number of halogens is 4. The Kier molecular flexibility index (Phi) is 5.66. The number of rotatable bonds is 4. The molecule has 6 nitrogen and oxygen atoms in total. The first-order chi connectivity index (χ1) is 17.6. The highest BCUT2D eigenvalue weighted by molar-refractivity contribution is 6.20. The van der Waals surface area contributed by atoms with Gasteiger partial charge in [-0.25, -0.2) is 4.39 Å². The van der Waals surface area contributed by atoms with Gasteiger partial charge in [-0.2, -0.15) is 13.2 Å². The Morgan fingerprint density at radius 1 is 0.973 bits per heavy atom. The molecule has 0 spiro atoms. The second-order valence-electron chi connectivity index (χ2n) is 8.19. The van der Waals surface area contributed by atoms with E-state index in [2.05, 4.69) is 5.32 Å². The zero-order chi connectivity index (χ0) is 26.5. The van der Waals surface area contributed by atoms with Crippen LogP contribution in [-0.2, 0) is 0 Å². The van der Waals surface area contributed by atoms with Crippen LogP contribution in [0, 0.1) is 5.82 Å². The van der Waals surface area contributed by atoms with Gasteiger partial charge in [0.15, 0.2) is 0 Å². The van der Waals surface area contributed by atoms with E-state index in [1.54, 1.807) is 12.1 Å². The van der Waals surface area contributed by atoms with Crippen LogP contribution in [0.4, 0.5) is 17.6 Å². The number of amides is 1. The fraction of sp³-hybridized carbons (Fsp3) is 0.0741. The summed E-state index contributed by atoms with van der Waals surface area (Å²) in [5.41, 5.74) is 1.17. The Morgan fingerprint density at radius 3 is 2.35 bits per heavy atom. The molecule has 0 fully saturated rings. The zero-order valence-corrected chi connectivity index (χ0v) is 19.0. The van der Waals surface area contributed by atoms with Crippen molar-refractivity contribution in [3.8, 4) is 22.5 Å². The lowest BCUT2D eigenvalue weighted by molar-refractivity contribution is -0.0942. The van der Waals surface area contributed by atoms with Crippen molar-refractivity contribution in [1.82, 2.24) is 9.88 Å². The van der Waals surface area contributed by atoms with Crippen LogP contribution in [-0.4, -0.2) is 35.9 Å². The number of carbonyl (C=O) groups excluding carboxylic acids is 3. The minimum absolute atomic E-state index is 0.0666. The van der Waals surface area contributed by atoms with E-state index >= 15 is 0 Å². The van der Waals surface area contributed by atoms with Gasteiger partial charge >= 0.3 is 12.1 Å². The molecule has 0 saturated heterocycles. The Labute approximate surface area is 206 Å². The molecule has 0 saturated carbocycles. The van der Waals surface area contributed by atoms with Crippen LogP contribution < -0.4 is 5.32 Å². The van der Waals surface area contributed by atoms with Crippen molar-refractivity contribution >= 4 is 40.0 Å². The molecule has 37 heavy (non-hydrogen) atoms. The zero-order valence-electron chi connectivity index (χ0n) is 19.0. The number of aldehydes is 1. The van der Waals surface area contributed by atoms with E-state index in [9.17, 15) is 31.9 Å². The second kappa shape index (κ2) is 8.74. The molecule has 0 aliphatic rings. The van der Waals surface area contributed by atoms with Crippen LogP contribution in [0.15, 0.2) is 71.3 Å². The van der Waals surface area contributed by atoms with E-state index in [0.717, 1.165) is 6.20 Å². The molecule has 0 aliphatic heterocycles. The van der Waals surface area contributed by atoms with Gasteiger partial charge in [-0.3, -0.25) is 19.0 Å². The standard InChI is InChI=1S/C27H16F4N2O4/c1-32-25(35)21-20-12-19(16-4-2-3-14(11-16)13-34)22-18(9-10-33(22)26(36)27(29,30)31)24(20)37-23(21)15-5-7-17(28)8-6-15/h2-13H,1H3,(H,32,35). The normalized spacial score (nSPS) is 11.7. The third-order valence-corrected chi connectivity index (χ3v) is 5.98. The number of aromatic nitrogens is 1. The summed E-state index contributed by atoms with van der Waals surface area (Å²) in [4.78, 5) is 36.7. The summed E-state index contributed by atoms with van der Waals surface area (Å²) >= 11 is 0. The molecule has 0 unspecified atom stereocenters. The molecular formula is C27H16F4N2O4. The van der Waals surface area contributed by atoms with Gasteiger partial charge in [0, 0.05) is 40.7 Å². The Morgan fingerprint density at radius 2 is 1.70 bits per heavy atom. The van der Waals surface area contributed by atoms with Gasteiger partial charge in [0.25, 0.3) is 5.91 Å². The fourth-order valence-electron chi connectivity index (χ4n) is 4.35. The largest absolute Gasteiger partial charge is 0.472 e. The number of furan rings is 1. The average molecular weight is 508 g/mol. The number of fused-ring (bicyclic) bond motifs is 3. The molecule has 3 aromatic carbocycles. The summed E-state index contributed by atoms with van der Waals surface area (Å²) in [5.74, 6) is -3.10. The molecule has 0 radical (unpaired) electrons. The molecular weight excluding hydrogens is 492 g/mol. The van der Waals surface area contributed by atoms with Crippen LogP contribution in [0.3, 0.4) is 0 Å². The quantitative estimate of drug-likeness (QED) is 0.230. The molecule has 1 amide bonds. The van der Waals surface area contributed by atoms with Gasteiger partial charge in [0.2, 0.25) is 0 Å². The van der Waals surface area contributed by atoms with Gasteiger partial charge in [0.1, 0.15) is 23.4 Å². The molecule has 1 N–H and O–H groups in total. The van der Waals surface area contributed by atoms with E-state index in [1.165, 1.54) is 55.6 Å². The van der Waals surface area contributed by atoms with Gasteiger partial charge in [-0.15, -0.1) is 0 Å². The monoisotopic (exact) mass is 508 g/mol. The Balaban J connectivity index is 1.94. The Bertz CT molecular complexity index is 1710. The van der Waals surface area contributed by atoms with E-state index < -0.39 is 23.8 Å². The smallest absolute Gasteiger partial charge is 0.454 e. The average Bonchev–Trinajstić information content (AvgIpc) is 3.49. The van der Waals surface area contributed by atoms with Crippen LogP contribution in [0.25, 0.3) is 44.3 Å². The van der Waals surface area contributed by atoms with Gasteiger partial charge < -0.3 is 9.73 Å². The maximum atomic E-state index is 13.6. The van der Waals surface area contributed by atoms with Crippen LogP contribution in [0.2, 0.25) is 0 Å². The van der Waals surface area contributed by atoms with Crippen molar-refractivity contribution in [2.45, 2.75) is 6.18 Å². The highest BCUT2D eigenvalue weighted by Gasteiger charge is 2.41. The van der Waals surface area contributed by atoms with E-state index in [0.29, 0.717) is 22.0 Å². The van der Waals surface area contributed by atoms with Crippen molar-refractivity contribution in [2.24, 2.45) is 0 Å². The van der Waals surface area contributed by atoms with Crippen LogP contribution >= 0.6 is 0 Å². The number of nitrogens with zero attached hydrogens (tertiary/aromatic N) is 1. The van der Waals surface area contributed by atoms with Gasteiger partial charge in [0.05, 0.1) is 11.1 Å². The lowest BCUT2D eigenvalue weighted by atomic mass is 9.96. The van der Waals surface area contributed by atoms with E-state index in [4.69, 9.17) is 4.42 Å². The van der Waals surface area contributed by atoms with Crippen molar-refractivity contribution in [3.63, 3.8) is 0 Å². The summed E-state index contributed by atoms with van der Waals surface area (Å²) in [5, 5.41) is 2.92. The van der Waals surface area contributed by atoms with Crippen molar-refractivity contribution in [1.29, 1.82) is 0 Å². The van der Waals surface area contributed by atoms with Crippen LogP contribution in [0.5, 0.6) is 0 Å². The van der Waals surface area contributed by atoms with Crippen molar-refractivity contribution < 1.29 is 36.4 Å². The maximum absolute atomic E-state index is 13.6. The minimum Gasteiger partial charge on any atom is -0.454 e. The highest BCUT2D eigenvalue weighted by atomic mass is 19.4. The second-order valence-corrected chi connectivity index (χ2v) is 8.19. The summed E-state index contributed by atoms with van der Waals surface area (Å²) < 4.78 is 60.4. The maximum Gasteiger partial charge on any atom is 0.472 e. The first-order valence-corrected chi connectivity index (χ1v) is 10.9. The minimum atomic E-state index is -5.17. The molecule has 0 atom stereocenters. The third-order valence-electron chi connectivity index (χ3n) is 5.98. The van der Waals surface area contributed by atoms with Gasteiger partial charge in [-0.05, 0) is 48.0 Å². The number of alkyl halides is 3.